The summed E-state index contributed by atoms with van der Waals surface area (Å²) in [4.78, 5) is 13.6. The van der Waals surface area contributed by atoms with Crippen LogP contribution < -0.4 is 0 Å². The Morgan fingerprint density at radius 2 is 1.62 bits per heavy atom. The van der Waals surface area contributed by atoms with Crippen molar-refractivity contribution in [1.29, 1.82) is 0 Å². The number of rotatable bonds is 5. The summed E-state index contributed by atoms with van der Waals surface area (Å²) in [5.74, 6) is 2.30. The zero-order chi connectivity index (χ0) is 18.0. The van der Waals surface area contributed by atoms with Crippen LogP contribution in [0.4, 0.5) is 0 Å². The lowest BCUT2D eigenvalue weighted by molar-refractivity contribution is -0.173. The van der Waals surface area contributed by atoms with Crippen molar-refractivity contribution in [2.75, 3.05) is 0 Å². The van der Waals surface area contributed by atoms with E-state index in [1.54, 1.807) is 0 Å². The second-order valence-electron chi connectivity index (χ2n) is 11.5. The molecule has 0 heterocycles. The van der Waals surface area contributed by atoms with Crippen LogP contribution in [0, 0.1) is 34.0 Å². The maximum atomic E-state index is 13.6. The molecule has 0 amide bonds. The minimum Gasteiger partial charge on any atom is -0.390 e. The van der Waals surface area contributed by atoms with E-state index in [2.05, 4.69) is 41.5 Å². The molecule has 24 heavy (non-hydrogen) atoms. The van der Waals surface area contributed by atoms with Gasteiger partial charge in [-0.15, -0.1) is 0 Å². The largest absolute Gasteiger partial charge is 0.390 e. The lowest BCUT2D eigenvalue weighted by Crippen LogP contribution is -2.57. The number of Topliss-reactive ketones (excluding diaryl/α,β-unsaturated/α-hetero) is 1. The van der Waals surface area contributed by atoms with Crippen molar-refractivity contribution < 1.29 is 9.90 Å². The Bertz CT molecular complexity index is 499. The van der Waals surface area contributed by atoms with E-state index in [4.69, 9.17) is 0 Å². The molecule has 0 aromatic rings. The van der Waals surface area contributed by atoms with Crippen molar-refractivity contribution in [3.8, 4) is 0 Å². The van der Waals surface area contributed by atoms with E-state index in [-0.39, 0.29) is 16.2 Å². The number of carbonyl (C=O) groups excluding carboxylic acids is 1. The lowest BCUT2D eigenvalue weighted by atomic mass is 9.46. The van der Waals surface area contributed by atoms with E-state index in [9.17, 15) is 9.90 Å². The highest BCUT2D eigenvalue weighted by Gasteiger charge is 2.58. The Hall–Kier alpha value is -0.370. The molecule has 138 valence electrons. The molecule has 4 unspecified atom stereocenters. The highest BCUT2D eigenvalue weighted by Crippen LogP contribution is 2.63. The fourth-order valence-electron chi connectivity index (χ4n) is 6.80. The van der Waals surface area contributed by atoms with Gasteiger partial charge in [0.25, 0.3) is 0 Å². The van der Waals surface area contributed by atoms with Gasteiger partial charge in [0.1, 0.15) is 5.78 Å². The Morgan fingerprint density at radius 1 is 1.08 bits per heavy atom. The minimum atomic E-state index is -0.458. The molecule has 0 radical (unpaired) electrons. The summed E-state index contributed by atoms with van der Waals surface area (Å²) in [6.45, 7) is 13.3. The highest BCUT2D eigenvalue weighted by molar-refractivity contribution is 5.86. The van der Waals surface area contributed by atoms with Crippen molar-refractivity contribution in [3.63, 3.8) is 0 Å². The van der Waals surface area contributed by atoms with Gasteiger partial charge in [0.05, 0.1) is 5.60 Å². The van der Waals surface area contributed by atoms with Crippen molar-refractivity contribution in [2.24, 2.45) is 34.0 Å². The van der Waals surface area contributed by atoms with E-state index in [1.165, 1.54) is 19.3 Å². The average molecular weight is 335 g/mol. The molecule has 4 rings (SSSR count). The van der Waals surface area contributed by atoms with Gasteiger partial charge < -0.3 is 5.11 Å². The first-order valence-electron chi connectivity index (χ1n) is 10.1. The maximum absolute atomic E-state index is 13.6. The van der Waals surface area contributed by atoms with Crippen LogP contribution in [0.25, 0.3) is 0 Å². The van der Waals surface area contributed by atoms with Crippen LogP contribution in [-0.2, 0) is 4.79 Å². The smallest absolute Gasteiger partial charge is 0.139 e. The quantitative estimate of drug-likeness (QED) is 0.733. The molecule has 0 aliphatic heterocycles. The number of aliphatic hydroxyl groups is 1. The Morgan fingerprint density at radius 3 is 2.04 bits per heavy atom. The lowest BCUT2D eigenvalue weighted by Gasteiger charge is -2.60. The fraction of sp³-hybridized carbons (Fsp3) is 0.955. The van der Waals surface area contributed by atoms with Gasteiger partial charge in [0.2, 0.25) is 0 Å². The molecular weight excluding hydrogens is 296 g/mol. The molecule has 0 saturated heterocycles. The summed E-state index contributed by atoms with van der Waals surface area (Å²) in [5, 5.41) is 11.0. The van der Waals surface area contributed by atoms with Crippen LogP contribution in [0.1, 0.15) is 92.9 Å². The van der Waals surface area contributed by atoms with Gasteiger partial charge in [-0.1, -0.05) is 41.5 Å². The molecule has 1 N–H and O–H groups in total. The average Bonchev–Trinajstić information content (AvgIpc) is 2.32. The van der Waals surface area contributed by atoms with E-state index in [0.717, 1.165) is 25.7 Å². The Labute approximate surface area is 148 Å². The summed E-state index contributed by atoms with van der Waals surface area (Å²) >= 11 is 0. The molecule has 4 aliphatic rings. The van der Waals surface area contributed by atoms with E-state index in [1.807, 2.05) is 0 Å². The minimum absolute atomic E-state index is 0.0203. The normalized spacial score (nSPS) is 40.8. The van der Waals surface area contributed by atoms with Gasteiger partial charge in [-0.05, 0) is 73.5 Å². The van der Waals surface area contributed by atoms with Crippen LogP contribution in [-0.4, -0.2) is 16.5 Å². The molecular formula is C22H38O2. The summed E-state index contributed by atoms with van der Waals surface area (Å²) in [7, 11) is 0. The molecule has 4 bridgehead atoms. The fourth-order valence-corrected chi connectivity index (χ4v) is 6.80. The molecule has 4 fully saturated rings. The van der Waals surface area contributed by atoms with Crippen molar-refractivity contribution >= 4 is 5.78 Å². The number of hydrogen-bond donors (Lipinski definition) is 1. The maximum Gasteiger partial charge on any atom is 0.139 e. The van der Waals surface area contributed by atoms with Crippen LogP contribution in [0.5, 0.6) is 0 Å². The predicted octanol–water partition coefficient (Wildman–Crippen LogP) is 5.38. The summed E-state index contributed by atoms with van der Waals surface area (Å²) in [5.41, 5.74) is -0.652. The SMILES string of the molecule is CC(C)CC(C)(C(=O)CC12CC3C[C@H](CC(O)(C3)C1)C2)C(C)(C)C. The number of hydrogen-bond acceptors (Lipinski definition) is 2. The van der Waals surface area contributed by atoms with Gasteiger partial charge in [-0.3, -0.25) is 4.79 Å². The first kappa shape index (κ1) is 18.4. The molecule has 4 saturated carbocycles. The van der Waals surface area contributed by atoms with E-state index in [0.29, 0.717) is 30.0 Å². The molecule has 4 aliphatic carbocycles. The number of ketones is 1. The second-order valence-corrected chi connectivity index (χ2v) is 11.5. The zero-order valence-corrected chi connectivity index (χ0v) is 16.7. The Balaban J connectivity index is 1.83. The van der Waals surface area contributed by atoms with Crippen LogP contribution in [0.3, 0.4) is 0 Å². The third kappa shape index (κ3) is 3.08. The summed E-state index contributed by atoms with van der Waals surface area (Å²) in [6.07, 6.45) is 8.16. The highest BCUT2D eigenvalue weighted by atomic mass is 16.3. The van der Waals surface area contributed by atoms with Gasteiger partial charge in [0, 0.05) is 11.8 Å². The monoisotopic (exact) mass is 334 g/mol. The molecule has 0 aromatic heterocycles. The number of carbonyl (C=O) groups is 1. The van der Waals surface area contributed by atoms with Crippen LogP contribution in [0.2, 0.25) is 0 Å². The Kier molecular flexibility index (Phi) is 4.27. The van der Waals surface area contributed by atoms with Gasteiger partial charge in [-0.25, -0.2) is 0 Å². The van der Waals surface area contributed by atoms with Crippen LogP contribution >= 0.6 is 0 Å². The predicted molar refractivity (Wildman–Crippen MR) is 98.7 cm³/mol. The first-order chi connectivity index (χ1) is 10.9. The van der Waals surface area contributed by atoms with E-state index < -0.39 is 5.60 Å². The first-order valence-corrected chi connectivity index (χ1v) is 10.1. The third-order valence-corrected chi connectivity index (χ3v) is 7.77. The molecule has 2 heteroatoms. The molecule has 5 atom stereocenters. The topological polar surface area (TPSA) is 37.3 Å². The standard InChI is InChI=1S/C22H38O2/c1-15(2)8-20(6,19(3,4)5)18(23)13-21-9-16-7-17(10-21)12-22(24,11-16)14-21/h15-17,24H,7-14H2,1-6H3/t16-,17?,20?,21?,22?/m0/s1. The third-order valence-electron chi connectivity index (χ3n) is 7.77. The van der Waals surface area contributed by atoms with Crippen LogP contribution in [0.15, 0.2) is 0 Å². The zero-order valence-electron chi connectivity index (χ0n) is 16.7. The van der Waals surface area contributed by atoms with Crippen molar-refractivity contribution in [3.05, 3.63) is 0 Å². The van der Waals surface area contributed by atoms with Crippen molar-refractivity contribution in [2.45, 2.75) is 98.5 Å². The summed E-state index contributed by atoms with van der Waals surface area (Å²) < 4.78 is 0. The molecule has 0 aromatic carbocycles. The van der Waals surface area contributed by atoms with Gasteiger partial charge in [0.15, 0.2) is 0 Å². The van der Waals surface area contributed by atoms with Gasteiger partial charge >= 0.3 is 0 Å². The second kappa shape index (κ2) is 5.56. The summed E-state index contributed by atoms with van der Waals surface area (Å²) in [6, 6.07) is 0. The molecule has 0 spiro atoms. The molecule has 2 nitrogen and oxygen atoms in total. The van der Waals surface area contributed by atoms with Crippen molar-refractivity contribution in [1.82, 2.24) is 0 Å². The van der Waals surface area contributed by atoms with Gasteiger partial charge in [-0.2, -0.15) is 0 Å². The van der Waals surface area contributed by atoms with E-state index >= 15 is 0 Å².